The van der Waals surface area contributed by atoms with Gasteiger partial charge in [0.1, 0.15) is 11.4 Å². The lowest BCUT2D eigenvalue weighted by atomic mass is 9.96. The van der Waals surface area contributed by atoms with Crippen LogP contribution in [0.3, 0.4) is 0 Å². The van der Waals surface area contributed by atoms with E-state index in [4.69, 9.17) is 4.74 Å². The molecule has 1 atom stereocenters. The minimum absolute atomic E-state index is 0.0710. The fourth-order valence-electron chi connectivity index (χ4n) is 2.77. The van der Waals surface area contributed by atoms with Crippen LogP contribution in [0, 0.1) is 0 Å². The predicted octanol–water partition coefficient (Wildman–Crippen LogP) is 3.77. The molecule has 19 heavy (non-hydrogen) atoms. The van der Waals surface area contributed by atoms with E-state index in [-0.39, 0.29) is 11.6 Å². The normalized spacial score (nSPS) is 17.8. The molecule has 1 aromatic carbocycles. The number of thiophene rings is 1. The quantitative estimate of drug-likeness (QED) is 0.919. The van der Waals surface area contributed by atoms with E-state index >= 15 is 0 Å². The maximum atomic E-state index is 5.94. The van der Waals surface area contributed by atoms with Crippen molar-refractivity contribution in [3.8, 4) is 5.75 Å². The Morgan fingerprint density at radius 2 is 2.11 bits per heavy atom. The average molecular weight is 273 g/mol. The van der Waals surface area contributed by atoms with E-state index in [1.807, 2.05) is 7.05 Å². The standard InChI is InChI=1S/C16H19NOS/c1-16(2)9-13-8-11(4-5-14(13)18-16)15(17-3)12-6-7-19-10-12/h4-8,10,15,17H,9H2,1-3H3. The smallest absolute Gasteiger partial charge is 0.123 e. The molecule has 0 spiro atoms. The Morgan fingerprint density at radius 1 is 1.26 bits per heavy atom. The van der Waals surface area contributed by atoms with E-state index < -0.39 is 0 Å². The van der Waals surface area contributed by atoms with Crippen molar-refractivity contribution in [3.63, 3.8) is 0 Å². The molecule has 0 fully saturated rings. The highest BCUT2D eigenvalue weighted by atomic mass is 32.1. The van der Waals surface area contributed by atoms with Crippen LogP contribution in [-0.4, -0.2) is 12.6 Å². The van der Waals surface area contributed by atoms with Gasteiger partial charge in [-0.2, -0.15) is 11.3 Å². The van der Waals surface area contributed by atoms with E-state index in [1.165, 1.54) is 16.7 Å². The maximum Gasteiger partial charge on any atom is 0.123 e. The molecular weight excluding hydrogens is 254 g/mol. The summed E-state index contributed by atoms with van der Waals surface area (Å²) in [6.45, 7) is 4.28. The lowest BCUT2D eigenvalue weighted by molar-refractivity contribution is 0.138. The molecule has 2 aromatic rings. The molecule has 0 aliphatic carbocycles. The van der Waals surface area contributed by atoms with Crippen LogP contribution in [0.25, 0.3) is 0 Å². The molecule has 0 saturated carbocycles. The highest BCUT2D eigenvalue weighted by Crippen LogP contribution is 2.37. The van der Waals surface area contributed by atoms with Gasteiger partial charge >= 0.3 is 0 Å². The first-order valence-corrected chi connectivity index (χ1v) is 7.54. The molecule has 1 unspecified atom stereocenters. The first-order chi connectivity index (χ1) is 9.09. The Hall–Kier alpha value is -1.32. The second kappa shape index (κ2) is 4.66. The minimum Gasteiger partial charge on any atom is -0.487 e. The van der Waals surface area contributed by atoms with Crippen molar-refractivity contribution >= 4 is 11.3 Å². The van der Waals surface area contributed by atoms with Crippen LogP contribution < -0.4 is 10.1 Å². The minimum atomic E-state index is -0.0710. The van der Waals surface area contributed by atoms with Crippen LogP contribution in [0.1, 0.15) is 36.6 Å². The van der Waals surface area contributed by atoms with Gasteiger partial charge in [0.15, 0.2) is 0 Å². The van der Waals surface area contributed by atoms with Crippen molar-refractivity contribution in [1.29, 1.82) is 0 Å². The number of ether oxygens (including phenoxy) is 1. The van der Waals surface area contributed by atoms with Gasteiger partial charge in [-0.15, -0.1) is 0 Å². The summed E-state index contributed by atoms with van der Waals surface area (Å²) < 4.78 is 5.94. The van der Waals surface area contributed by atoms with Crippen molar-refractivity contribution in [2.75, 3.05) is 7.05 Å². The van der Waals surface area contributed by atoms with Crippen LogP contribution in [0.15, 0.2) is 35.0 Å². The molecule has 2 nitrogen and oxygen atoms in total. The van der Waals surface area contributed by atoms with Gasteiger partial charge in [0.25, 0.3) is 0 Å². The topological polar surface area (TPSA) is 21.3 Å². The number of hydrogen-bond acceptors (Lipinski definition) is 3. The van der Waals surface area contributed by atoms with Gasteiger partial charge in [-0.3, -0.25) is 0 Å². The number of benzene rings is 1. The van der Waals surface area contributed by atoms with Crippen molar-refractivity contribution in [2.45, 2.75) is 31.9 Å². The van der Waals surface area contributed by atoms with Crippen LogP contribution in [0.2, 0.25) is 0 Å². The Bertz CT molecular complexity index is 574. The fraction of sp³-hybridized carbons (Fsp3) is 0.375. The second-order valence-corrected chi connectivity index (χ2v) is 6.46. The number of nitrogens with one attached hydrogen (secondary N) is 1. The zero-order valence-corrected chi connectivity index (χ0v) is 12.4. The lowest BCUT2D eigenvalue weighted by Gasteiger charge is -2.17. The highest BCUT2D eigenvalue weighted by Gasteiger charge is 2.30. The maximum absolute atomic E-state index is 5.94. The van der Waals surface area contributed by atoms with Crippen LogP contribution in [0.5, 0.6) is 5.75 Å². The van der Waals surface area contributed by atoms with Crippen LogP contribution in [-0.2, 0) is 6.42 Å². The summed E-state index contributed by atoms with van der Waals surface area (Å²) in [4.78, 5) is 0. The van der Waals surface area contributed by atoms with Gasteiger partial charge in [0.2, 0.25) is 0 Å². The van der Waals surface area contributed by atoms with Crippen LogP contribution in [0.4, 0.5) is 0 Å². The van der Waals surface area contributed by atoms with E-state index in [1.54, 1.807) is 11.3 Å². The molecular formula is C16H19NOS. The zero-order chi connectivity index (χ0) is 13.5. The largest absolute Gasteiger partial charge is 0.487 e. The summed E-state index contributed by atoms with van der Waals surface area (Å²) in [5, 5.41) is 7.73. The van der Waals surface area contributed by atoms with Gasteiger partial charge in [-0.05, 0) is 60.5 Å². The number of rotatable bonds is 3. The van der Waals surface area contributed by atoms with Gasteiger partial charge in [-0.25, -0.2) is 0 Å². The van der Waals surface area contributed by atoms with Gasteiger partial charge in [-0.1, -0.05) is 12.1 Å². The molecule has 0 bridgehead atoms. The van der Waals surface area contributed by atoms with E-state index in [0.717, 1.165) is 12.2 Å². The van der Waals surface area contributed by atoms with E-state index in [0.29, 0.717) is 0 Å². The van der Waals surface area contributed by atoms with E-state index in [2.05, 4.69) is 54.2 Å². The molecule has 1 N–H and O–H groups in total. The molecule has 1 aliphatic rings. The molecule has 0 radical (unpaired) electrons. The Kier molecular flexibility index (Phi) is 3.11. The average Bonchev–Trinajstić information content (AvgIpc) is 2.95. The summed E-state index contributed by atoms with van der Waals surface area (Å²) in [6, 6.07) is 9.00. The third-order valence-corrected chi connectivity index (χ3v) is 4.29. The van der Waals surface area contributed by atoms with Gasteiger partial charge in [0.05, 0.1) is 6.04 Å². The SMILES string of the molecule is CNC(c1ccsc1)c1ccc2c(c1)CC(C)(C)O2. The summed E-state index contributed by atoms with van der Waals surface area (Å²) in [5.41, 5.74) is 3.88. The molecule has 1 aromatic heterocycles. The Balaban J connectivity index is 1.95. The van der Waals surface area contributed by atoms with Crippen molar-refractivity contribution in [1.82, 2.24) is 5.32 Å². The van der Waals surface area contributed by atoms with Gasteiger partial charge < -0.3 is 10.1 Å². The zero-order valence-electron chi connectivity index (χ0n) is 11.6. The third-order valence-electron chi connectivity index (χ3n) is 3.59. The number of hydrogen-bond donors (Lipinski definition) is 1. The third kappa shape index (κ3) is 2.40. The lowest BCUT2D eigenvalue weighted by Crippen LogP contribution is -2.24. The second-order valence-electron chi connectivity index (χ2n) is 5.68. The molecule has 3 rings (SSSR count). The predicted molar refractivity (Wildman–Crippen MR) is 80.1 cm³/mol. The van der Waals surface area contributed by atoms with Gasteiger partial charge in [0, 0.05) is 6.42 Å². The molecule has 3 heteroatoms. The number of fused-ring (bicyclic) bond motifs is 1. The van der Waals surface area contributed by atoms with Crippen molar-refractivity contribution in [3.05, 3.63) is 51.7 Å². The molecule has 100 valence electrons. The monoisotopic (exact) mass is 273 g/mol. The van der Waals surface area contributed by atoms with E-state index in [9.17, 15) is 0 Å². The van der Waals surface area contributed by atoms with Crippen molar-refractivity contribution < 1.29 is 4.74 Å². The summed E-state index contributed by atoms with van der Waals surface area (Å²) in [5.74, 6) is 1.04. The molecule has 0 amide bonds. The first kappa shape index (κ1) is 12.7. The Labute approximate surface area is 118 Å². The highest BCUT2D eigenvalue weighted by molar-refractivity contribution is 7.08. The Morgan fingerprint density at radius 3 is 2.79 bits per heavy atom. The molecule has 2 heterocycles. The molecule has 1 aliphatic heterocycles. The molecule has 0 saturated heterocycles. The first-order valence-electron chi connectivity index (χ1n) is 6.60. The van der Waals surface area contributed by atoms with Crippen LogP contribution >= 0.6 is 11.3 Å². The summed E-state index contributed by atoms with van der Waals surface area (Å²) >= 11 is 1.74. The fourth-order valence-corrected chi connectivity index (χ4v) is 3.46. The summed E-state index contributed by atoms with van der Waals surface area (Å²) in [7, 11) is 2.01. The van der Waals surface area contributed by atoms with Crippen molar-refractivity contribution in [2.24, 2.45) is 0 Å². The summed E-state index contributed by atoms with van der Waals surface area (Å²) in [6.07, 6.45) is 0.982.